The van der Waals surface area contributed by atoms with Crippen molar-refractivity contribution in [2.24, 2.45) is 5.14 Å². The van der Waals surface area contributed by atoms with Crippen LogP contribution in [0.3, 0.4) is 0 Å². The highest BCUT2D eigenvalue weighted by atomic mass is 32.2. The molecule has 22 heavy (non-hydrogen) atoms. The van der Waals surface area contributed by atoms with E-state index in [1.54, 1.807) is 12.1 Å². The molecule has 0 aliphatic carbocycles. The second-order valence-corrected chi connectivity index (χ2v) is 7.57. The molecule has 0 aromatic heterocycles. The zero-order valence-corrected chi connectivity index (χ0v) is 13.6. The molecule has 0 fully saturated rings. The van der Waals surface area contributed by atoms with Crippen LogP contribution in [0.1, 0.15) is 23.6 Å². The lowest BCUT2D eigenvalue weighted by Crippen LogP contribution is -2.28. The van der Waals surface area contributed by atoms with Crippen molar-refractivity contribution in [1.29, 1.82) is 0 Å². The number of anilines is 1. The molecule has 3 rings (SSSR count). The third kappa shape index (κ3) is 2.87. The molecule has 116 valence electrons. The summed E-state index contributed by atoms with van der Waals surface area (Å²) in [5.41, 5.74) is 4.65. The third-order valence-electron chi connectivity index (χ3n) is 4.17. The van der Waals surface area contributed by atoms with Gasteiger partial charge in [0.2, 0.25) is 10.0 Å². The van der Waals surface area contributed by atoms with Gasteiger partial charge >= 0.3 is 0 Å². The Bertz CT molecular complexity index is 815. The van der Waals surface area contributed by atoms with E-state index in [-0.39, 0.29) is 4.90 Å². The van der Waals surface area contributed by atoms with Crippen LogP contribution in [-0.4, -0.2) is 14.5 Å². The lowest BCUT2D eigenvalue weighted by molar-refractivity contribution is 0.597. The van der Waals surface area contributed by atoms with Gasteiger partial charge in [0.25, 0.3) is 0 Å². The largest absolute Gasteiger partial charge is 0.364 e. The van der Waals surface area contributed by atoms with E-state index in [9.17, 15) is 8.42 Å². The van der Waals surface area contributed by atoms with Gasteiger partial charge in [-0.05, 0) is 49.6 Å². The molecular weight excluding hydrogens is 296 g/mol. The molecule has 1 atom stereocenters. The zero-order valence-electron chi connectivity index (χ0n) is 12.8. The van der Waals surface area contributed by atoms with E-state index >= 15 is 0 Å². The fraction of sp³-hybridized carbons (Fsp3) is 0.294. The topological polar surface area (TPSA) is 63.4 Å². The van der Waals surface area contributed by atoms with Crippen LogP contribution in [0.2, 0.25) is 0 Å². The Kier molecular flexibility index (Phi) is 3.70. The van der Waals surface area contributed by atoms with Gasteiger partial charge in [-0.2, -0.15) is 0 Å². The molecule has 0 amide bonds. The highest BCUT2D eigenvalue weighted by Crippen LogP contribution is 2.34. The van der Waals surface area contributed by atoms with E-state index in [4.69, 9.17) is 5.14 Å². The third-order valence-corrected chi connectivity index (χ3v) is 5.08. The Labute approximate surface area is 131 Å². The van der Waals surface area contributed by atoms with Crippen LogP contribution < -0.4 is 10.0 Å². The number of nitrogens with two attached hydrogens (primary N) is 1. The lowest BCUT2D eigenvalue weighted by atomic mass is 10.1. The number of nitrogens with zero attached hydrogens (tertiary/aromatic N) is 1. The number of hydrogen-bond donors (Lipinski definition) is 1. The summed E-state index contributed by atoms with van der Waals surface area (Å²) in [5, 5.41) is 5.22. The maximum absolute atomic E-state index is 11.5. The first-order chi connectivity index (χ1) is 10.3. The minimum atomic E-state index is -3.64. The number of benzene rings is 2. The molecule has 2 aromatic rings. The Morgan fingerprint density at radius 1 is 1.23 bits per heavy atom. The summed E-state index contributed by atoms with van der Waals surface area (Å²) in [6, 6.07) is 14.0. The van der Waals surface area contributed by atoms with Crippen molar-refractivity contribution in [3.8, 4) is 0 Å². The molecule has 4 nitrogen and oxygen atoms in total. The van der Waals surface area contributed by atoms with Gasteiger partial charge in [0.15, 0.2) is 0 Å². The van der Waals surface area contributed by atoms with Crippen molar-refractivity contribution in [2.45, 2.75) is 37.8 Å². The van der Waals surface area contributed by atoms with E-state index < -0.39 is 10.0 Å². The lowest BCUT2D eigenvalue weighted by Gasteiger charge is -2.25. The molecule has 0 bridgehead atoms. The fourth-order valence-corrected chi connectivity index (χ4v) is 3.66. The predicted octanol–water partition coefficient (Wildman–Crippen LogP) is 2.59. The van der Waals surface area contributed by atoms with Gasteiger partial charge in [-0.3, -0.25) is 0 Å². The summed E-state index contributed by atoms with van der Waals surface area (Å²) in [6.45, 7) is 5.07. The molecule has 0 saturated carbocycles. The molecule has 5 heteroatoms. The molecule has 1 heterocycles. The van der Waals surface area contributed by atoms with E-state index in [2.05, 4.69) is 43.0 Å². The zero-order chi connectivity index (χ0) is 15.9. The van der Waals surface area contributed by atoms with Gasteiger partial charge in [-0.15, -0.1) is 0 Å². The van der Waals surface area contributed by atoms with Gasteiger partial charge in [0.05, 0.1) is 4.90 Å². The first-order valence-electron chi connectivity index (χ1n) is 7.32. The number of rotatable bonds is 3. The van der Waals surface area contributed by atoms with E-state index in [1.165, 1.54) is 11.1 Å². The average Bonchev–Trinajstić information content (AvgIpc) is 2.73. The summed E-state index contributed by atoms with van der Waals surface area (Å²) in [7, 11) is -3.64. The first-order valence-corrected chi connectivity index (χ1v) is 8.87. The van der Waals surface area contributed by atoms with Gasteiger partial charge < -0.3 is 4.90 Å². The molecule has 2 aromatic carbocycles. The van der Waals surface area contributed by atoms with Crippen molar-refractivity contribution in [2.75, 3.05) is 4.90 Å². The summed E-state index contributed by atoms with van der Waals surface area (Å²) in [4.78, 5) is 2.51. The van der Waals surface area contributed by atoms with Crippen LogP contribution in [0.5, 0.6) is 0 Å². The number of primary sulfonamides is 1. The quantitative estimate of drug-likeness (QED) is 0.946. The van der Waals surface area contributed by atoms with Gasteiger partial charge in [-0.1, -0.05) is 29.8 Å². The first kappa shape index (κ1) is 15.1. The SMILES string of the molecule is Cc1cccc(CN2c3ccc(S(N)(=O)=O)cc3C[C@@H]2C)c1. The van der Waals surface area contributed by atoms with E-state index in [0.717, 1.165) is 24.2 Å². The second kappa shape index (κ2) is 5.41. The van der Waals surface area contributed by atoms with Crippen LogP contribution in [0.15, 0.2) is 47.4 Å². The molecule has 0 unspecified atom stereocenters. The van der Waals surface area contributed by atoms with Crippen molar-refractivity contribution >= 4 is 15.7 Å². The molecule has 0 radical (unpaired) electrons. The van der Waals surface area contributed by atoms with Gasteiger partial charge in [0, 0.05) is 18.3 Å². The molecule has 0 spiro atoms. The average molecular weight is 316 g/mol. The summed E-state index contributed by atoms with van der Waals surface area (Å²) < 4.78 is 23.0. The summed E-state index contributed by atoms with van der Waals surface area (Å²) >= 11 is 0. The Balaban J connectivity index is 1.93. The Hall–Kier alpha value is -1.85. The van der Waals surface area contributed by atoms with Gasteiger partial charge in [-0.25, -0.2) is 13.6 Å². The summed E-state index contributed by atoms with van der Waals surface area (Å²) in [6.07, 6.45) is 0.838. The number of sulfonamides is 1. The number of fused-ring (bicyclic) bond motifs is 1. The van der Waals surface area contributed by atoms with Crippen LogP contribution in [0.25, 0.3) is 0 Å². The summed E-state index contributed by atoms with van der Waals surface area (Å²) in [5.74, 6) is 0. The van der Waals surface area contributed by atoms with Gasteiger partial charge in [0.1, 0.15) is 0 Å². The van der Waals surface area contributed by atoms with Crippen molar-refractivity contribution < 1.29 is 8.42 Å². The Morgan fingerprint density at radius 3 is 2.68 bits per heavy atom. The minimum Gasteiger partial charge on any atom is -0.364 e. The molecule has 1 aliphatic heterocycles. The minimum absolute atomic E-state index is 0.191. The second-order valence-electron chi connectivity index (χ2n) is 6.01. The van der Waals surface area contributed by atoms with Crippen LogP contribution >= 0.6 is 0 Å². The standard InChI is InChI=1S/C17H20N2O2S/c1-12-4-3-5-14(8-12)11-19-13(2)9-15-10-16(22(18,20)21)6-7-17(15)19/h3-8,10,13H,9,11H2,1-2H3,(H2,18,20,21)/t13-/m0/s1. The molecule has 2 N–H and O–H groups in total. The smallest absolute Gasteiger partial charge is 0.238 e. The van der Waals surface area contributed by atoms with E-state index in [1.807, 2.05) is 6.07 Å². The normalized spacial score (nSPS) is 17.6. The Morgan fingerprint density at radius 2 is 2.00 bits per heavy atom. The molecule has 1 aliphatic rings. The maximum Gasteiger partial charge on any atom is 0.238 e. The predicted molar refractivity (Wildman–Crippen MR) is 88.3 cm³/mol. The van der Waals surface area contributed by atoms with Crippen molar-refractivity contribution in [1.82, 2.24) is 0 Å². The van der Waals surface area contributed by atoms with Crippen LogP contribution in [0.4, 0.5) is 5.69 Å². The molecular formula is C17H20N2O2S. The number of hydrogen-bond acceptors (Lipinski definition) is 3. The highest BCUT2D eigenvalue weighted by molar-refractivity contribution is 7.89. The van der Waals surface area contributed by atoms with Crippen molar-refractivity contribution in [3.63, 3.8) is 0 Å². The fourth-order valence-electron chi connectivity index (χ4n) is 3.10. The maximum atomic E-state index is 11.5. The number of aryl methyl sites for hydroxylation is 1. The van der Waals surface area contributed by atoms with E-state index in [0.29, 0.717) is 6.04 Å². The molecule has 0 saturated heterocycles. The van der Waals surface area contributed by atoms with Crippen molar-refractivity contribution in [3.05, 3.63) is 59.2 Å². The highest BCUT2D eigenvalue weighted by Gasteiger charge is 2.27. The van der Waals surface area contributed by atoms with Crippen LogP contribution in [0, 0.1) is 6.92 Å². The monoisotopic (exact) mass is 316 g/mol. The van der Waals surface area contributed by atoms with Crippen LogP contribution in [-0.2, 0) is 23.0 Å².